The molecule has 0 amide bonds. The first-order valence-corrected chi connectivity index (χ1v) is 10.1. The quantitative estimate of drug-likeness (QED) is 0.216. The van der Waals surface area contributed by atoms with Gasteiger partial charge in [-0.25, -0.2) is 13.4 Å². The molecule has 0 saturated heterocycles. The van der Waals surface area contributed by atoms with E-state index in [1.54, 1.807) is 20.4 Å². The summed E-state index contributed by atoms with van der Waals surface area (Å²) in [7, 11) is 0.311. The van der Waals surface area contributed by atoms with Gasteiger partial charge in [0.25, 0.3) is 0 Å². The first-order valence-electron chi connectivity index (χ1n) is 8.06. The number of hydrogen-bond acceptors (Lipinski definition) is 6. The highest BCUT2D eigenvalue weighted by molar-refractivity contribution is 14.0. The number of rotatable bonds is 10. The highest BCUT2D eigenvalue weighted by atomic mass is 127. The average Bonchev–Trinajstić information content (AvgIpc) is 2.57. The van der Waals surface area contributed by atoms with Crippen molar-refractivity contribution in [1.29, 1.82) is 0 Å². The molecule has 0 bridgehead atoms. The summed E-state index contributed by atoms with van der Waals surface area (Å²) >= 11 is 0. The monoisotopic (exact) mass is 500 g/mol. The van der Waals surface area contributed by atoms with Crippen molar-refractivity contribution in [3.63, 3.8) is 0 Å². The third kappa shape index (κ3) is 10.8. The Kier molecular flexibility index (Phi) is 12.5. The number of halogens is 1. The summed E-state index contributed by atoms with van der Waals surface area (Å²) in [5.41, 5.74) is 0.894. The van der Waals surface area contributed by atoms with Crippen molar-refractivity contribution in [1.82, 2.24) is 15.6 Å². The fourth-order valence-corrected chi connectivity index (χ4v) is 2.76. The van der Waals surface area contributed by atoms with Gasteiger partial charge in [0.1, 0.15) is 16.4 Å². The van der Waals surface area contributed by atoms with E-state index in [2.05, 4.69) is 20.6 Å². The molecule has 0 saturated carbocycles. The van der Waals surface area contributed by atoms with Crippen LogP contribution in [0.15, 0.2) is 23.3 Å². The van der Waals surface area contributed by atoms with Gasteiger partial charge in [0, 0.05) is 44.8 Å². The van der Waals surface area contributed by atoms with E-state index in [4.69, 9.17) is 9.47 Å². The predicted octanol–water partition coefficient (Wildman–Crippen LogP) is 1.21. The number of ether oxygens (including phenoxy) is 2. The van der Waals surface area contributed by atoms with Gasteiger partial charge in [-0.2, -0.15) is 0 Å². The highest BCUT2D eigenvalue weighted by Crippen LogP contribution is 2.13. The molecule has 0 aliphatic carbocycles. The van der Waals surface area contributed by atoms with Crippen LogP contribution in [0.25, 0.3) is 0 Å². The van der Waals surface area contributed by atoms with Crippen LogP contribution in [0.5, 0.6) is 5.88 Å². The molecule has 1 unspecified atom stereocenters. The van der Waals surface area contributed by atoms with Crippen molar-refractivity contribution in [2.24, 2.45) is 4.99 Å². The van der Waals surface area contributed by atoms with E-state index in [9.17, 15) is 8.42 Å². The van der Waals surface area contributed by atoms with E-state index in [1.807, 2.05) is 19.1 Å². The number of pyridine rings is 1. The number of nitrogens with one attached hydrogen (secondary N) is 2. The van der Waals surface area contributed by atoms with E-state index >= 15 is 0 Å². The lowest BCUT2D eigenvalue weighted by molar-refractivity contribution is 0.143. The van der Waals surface area contributed by atoms with Crippen LogP contribution in [0.1, 0.15) is 18.9 Å². The standard InChI is InChI=1S/C16H28N4O4S.HI/c1-13(7-11-25(4,21)22)20-16(17-2)19-12-14-6-5-8-18-15(14)24-10-9-23-3;/h5-6,8,13H,7,9-12H2,1-4H3,(H2,17,19,20);1H. The molecule has 1 heterocycles. The second kappa shape index (κ2) is 13.1. The Morgan fingerprint density at radius 1 is 1.38 bits per heavy atom. The number of aliphatic imine (C=N–C) groups is 1. The number of guanidine groups is 1. The maximum absolute atomic E-state index is 11.2. The molecule has 2 N–H and O–H groups in total. The minimum absolute atomic E-state index is 0. The lowest BCUT2D eigenvalue weighted by Crippen LogP contribution is -2.42. The summed E-state index contributed by atoms with van der Waals surface area (Å²) in [6, 6.07) is 3.74. The molecule has 0 radical (unpaired) electrons. The van der Waals surface area contributed by atoms with Crippen molar-refractivity contribution in [3.8, 4) is 5.88 Å². The molecule has 0 spiro atoms. The summed E-state index contributed by atoms with van der Waals surface area (Å²) in [4.78, 5) is 8.38. The maximum atomic E-state index is 11.2. The SMILES string of the molecule is CN=C(NCc1cccnc1OCCOC)NC(C)CCS(C)(=O)=O.I. The minimum atomic E-state index is -2.97. The van der Waals surface area contributed by atoms with Gasteiger partial charge in [-0.15, -0.1) is 24.0 Å². The molecule has 8 nitrogen and oxygen atoms in total. The Hall–Kier alpha value is -1.14. The molecule has 1 rings (SSSR count). The molecule has 1 aromatic heterocycles. The fourth-order valence-electron chi connectivity index (χ4n) is 1.98. The van der Waals surface area contributed by atoms with E-state index in [0.717, 1.165) is 5.56 Å². The highest BCUT2D eigenvalue weighted by Gasteiger charge is 2.10. The van der Waals surface area contributed by atoms with Gasteiger partial charge in [-0.05, 0) is 19.4 Å². The fraction of sp³-hybridized carbons (Fsp3) is 0.625. The Balaban J connectivity index is 0.00000625. The zero-order valence-corrected chi connectivity index (χ0v) is 18.8. The third-order valence-corrected chi connectivity index (χ3v) is 4.33. The van der Waals surface area contributed by atoms with Crippen LogP contribution < -0.4 is 15.4 Å². The van der Waals surface area contributed by atoms with Crippen molar-refractivity contribution < 1.29 is 17.9 Å². The number of methoxy groups -OCH3 is 1. The van der Waals surface area contributed by atoms with Crippen LogP contribution in [-0.4, -0.2) is 64.8 Å². The maximum Gasteiger partial charge on any atom is 0.218 e. The molecule has 1 atom stereocenters. The minimum Gasteiger partial charge on any atom is -0.475 e. The van der Waals surface area contributed by atoms with Crippen molar-refractivity contribution in [2.45, 2.75) is 25.9 Å². The molecule has 0 aliphatic heterocycles. The first kappa shape index (κ1) is 24.9. The van der Waals surface area contributed by atoms with Gasteiger partial charge in [0.2, 0.25) is 5.88 Å². The Morgan fingerprint density at radius 2 is 2.12 bits per heavy atom. The molecule has 1 aromatic rings. The van der Waals surface area contributed by atoms with Crippen molar-refractivity contribution in [2.75, 3.05) is 39.4 Å². The van der Waals surface area contributed by atoms with Crippen LogP contribution in [0, 0.1) is 0 Å². The molecule has 150 valence electrons. The Morgan fingerprint density at radius 3 is 2.73 bits per heavy atom. The number of sulfone groups is 1. The lowest BCUT2D eigenvalue weighted by atomic mass is 10.2. The summed E-state index contributed by atoms with van der Waals surface area (Å²) in [5, 5.41) is 6.36. The van der Waals surface area contributed by atoms with E-state index in [-0.39, 0.29) is 35.8 Å². The van der Waals surface area contributed by atoms with E-state index in [0.29, 0.717) is 38.0 Å². The molecule has 0 aliphatic rings. The van der Waals surface area contributed by atoms with Gasteiger partial charge in [0.05, 0.1) is 12.4 Å². The molecular weight excluding hydrogens is 471 g/mol. The molecular formula is C16H29IN4O4S. The molecule has 26 heavy (non-hydrogen) atoms. The topological polar surface area (TPSA) is 102 Å². The number of nitrogens with zero attached hydrogens (tertiary/aromatic N) is 2. The van der Waals surface area contributed by atoms with Gasteiger partial charge >= 0.3 is 0 Å². The average molecular weight is 500 g/mol. The smallest absolute Gasteiger partial charge is 0.218 e. The van der Waals surface area contributed by atoms with Crippen LogP contribution >= 0.6 is 24.0 Å². The van der Waals surface area contributed by atoms with Crippen molar-refractivity contribution in [3.05, 3.63) is 23.9 Å². The zero-order valence-electron chi connectivity index (χ0n) is 15.7. The van der Waals surface area contributed by atoms with E-state index < -0.39 is 9.84 Å². The normalized spacial score (nSPS) is 12.8. The summed E-state index contributed by atoms with van der Waals surface area (Å²) in [6.07, 6.45) is 3.42. The Labute approximate surface area is 173 Å². The summed E-state index contributed by atoms with van der Waals surface area (Å²) in [6.45, 7) is 3.32. The summed E-state index contributed by atoms with van der Waals surface area (Å²) in [5.74, 6) is 1.28. The van der Waals surface area contributed by atoms with Gasteiger partial charge in [-0.3, -0.25) is 4.99 Å². The summed E-state index contributed by atoms with van der Waals surface area (Å²) < 4.78 is 33.1. The van der Waals surface area contributed by atoms with Crippen LogP contribution in [0.2, 0.25) is 0 Å². The number of aromatic nitrogens is 1. The zero-order chi connectivity index (χ0) is 18.7. The van der Waals surface area contributed by atoms with Gasteiger partial charge < -0.3 is 20.1 Å². The molecule has 10 heteroatoms. The molecule has 0 fully saturated rings. The Bertz CT molecular complexity index is 655. The second-order valence-electron chi connectivity index (χ2n) is 5.70. The van der Waals surface area contributed by atoms with Gasteiger partial charge in [0.15, 0.2) is 5.96 Å². The third-order valence-electron chi connectivity index (χ3n) is 3.35. The van der Waals surface area contributed by atoms with Gasteiger partial charge in [-0.1, -0.05) is 6.07 Å². The van der Waals surface area contributed by atoms with Crippen molar-refractivity contribution >= 4 is 39.8 Å². The number of hydrogen-bond donors (Lipinski definition) is 2. The largest absolute Gasteiger partial charge is 0.475 e. The predicted molar refractivity (Wildman–Crippen MR) is 114 cm³/mol. The van der Waals surface area contributed by atoms with E-state index in [1.165, 1.54) is 6.26 Å². The lowest BCUT2D eigenvalue weighted by Gasteiger charge is -2.18. The molecule has 0 aromatic carbocycles. The first-order chi connectivity index (χ1) is 11.9. The van der Waals surface area contributed by atoms with Crippen LogP contribution in [0.3, 0.4) is 0 Å². The second-order valence-corrected chi connectivity index (χ2v) is 7.96. The van der Waals surface area contributed by atoms with Crippen LogP contribution in [0.4, 0.5) is 0 Å². The van der Waals surface area contributed by atoms with Crippen LogP contribution in [-0.2, 0) is 21.1 Å².